The second-order valence-corrected chi connectivity index (χ2v) is 2.98. The third kappa shape index (κ3) is 5.21. The summed E-state index contributed by atoms with van der Waals surface area (Å²) < 4.78 is 4.86. The molecule has 11 heavy (non-hydrogen) atoms. The minimum Gasteiger partial charge on any atom is -0.383 e. The zero-order valence-corrected chi connectivity index (χ0v) is 8.56. The molecule has 0 aromatic rings. The first kappa shape index (κ1) is 10.9. The summed E-state index contributed by atoms with van der Waals surface area (Å²) in [4.78, 5) is 12.6. The molecule has 66 valence electrons. The maximum atomic E-state index is 10.9. The molecule has 0 rings (SSSR count). The Hall–Kier alpha value is -0.0900. The fourth-order valence-corrected chi connectivity index (χ4v) is 1.16. The van der Waals surface area contributed by atoms with Crippen LogP contribution in [0.3, 0.4) is 0 Å². The summed E-state index contributed by atoms with van der Waals surface area (Å²) in [6.45, 7) is 3.60. The van der Waals surface area contributed by atoms with Gasteiger partial charge < -0.3 is 9.64 Å². The number of carbonyl (C=O) groups is 1. The third-order valence-corrected chi connectivity index (χ3v) is 1.72. The summed E-state index contributed by atoms with van der Waals surface area (Å²) in [6.07, 6.45) is 0. The lowest BCUT2D eigenvalue weighted by Gasteiger charge is -2.18. The molecule has 0 atom stereocenters. The summed E-state index contributed by atoms with van der Waals surface area (Å²) in [5.74, 6) is 0.0986. The molecule has 0 bridgehead atoms. The highest BCUT2D eigenvalue weighted by Gasteiger charge is 2.05. The van der Waals surface area contributed by atoms with Crippen molar-refractivity contribution in [1.82, 2.24) is 4.90 Å². The Morgan fingerprint density at radius 3 is 2.55 bits per heavy atom. The lowest BCUT2D eigenvalue weighted by Crippen LogP contribution is -2.33. The van der Waals surface area contributed by atoms with Crippen molar-refractivity contribution in [3.05, 3.63) is 0 Å². The van der Waals surface area contributed by atoms with Crippen molar-refractivity contribution < 1.29 is 9.53 Å². The van der Waals surface area contributed by atoms with Crippen LogP contribution in [0.15, 0.2) is 0 Å². The minimum atomic E-state index is 0.0986. The number of hydrogen-bond donors (Lipinski definition) is 0. The normalized spacial score (nSPS) is 9.73. The Balaban J connectivity index is 3.60. The standard InChI is InChI=1S/C7H14BrNO2/c1-7(10)9(4-3-8)5-6-11-2/h3-6H2,1-2H3. The van der Waals surface area contributed by atoms with Crippen LogP contribution in [0.25, 0.3) is 0 Å². The van der Waals surface area contributed by atoms with Gasteiger partial charge in [-0.05, 0) is 0 Å². The molecule has 0 aromatic heterocycles. The molecule has 0 aliphatic heterocycles. The van der Waals surface area contributed by atoms with Gasteiger partial charge in [-0.25, -0.2) is 0 Å². The number of alkyl halides is 1. The summed E-state index contributed by atoms with van der Waals surface area (Å²) in [5, 5.41) is 0.816. The van der Waals surface area contributed by atoms with Gasteiger partial charge in [-0.3, -0.25) is 4.79 Å². The van der Waals surface area contributed by atoms with Crippen LogP contribution in [0.2, 0.25) is 0 Å². The van der Waals surface area contributed by atoms with Crippen LogP contribution in [-0.2, 0) is 9.53 Å². The van der Waals surface area contributed by atoms with E-state index >= 15 is 0 Å². The van der Waals surface area contributed by atoms with E-state index in [0.29, 0.717) is 13.2 Å². The second-order valence-electron chi connectivity index (χ2n) is 2.19. The van der Waals surface area contributed by atoms with Crippen LogP contribution in [0.4, 0.5) is 0 Å². The van der Waals surface area contributed by atoms with Crippen molar-refractivity contribution in [1.29, 1.82) is 0 Å². The van der Waals surface area contributed by atoms with E-state index in [9.17, 15) is 4.79 Å². The quantitative estimate of drug-likeness (QED) is 0.648. The molecule has 0 aromatic carbocycles. The second kappa shape index (κ2) is 6.61. The Bertz CT molecular complexity index is 119. The van der Waals surface area contributed by atoms with Crippen molar-refractivity contribution in [3.63, 3.8) is 0 Å². The number of hydrogen-bond acceptors (Lipinski definition) is 2. The monoisotopic (exact) mass is 223 g/mol. The van der Waals surface area contributed by atoms with E-state index in [0.717, 1.165) is 11.9 Å². The number of carbonyl (C=O) groups excluding carboxylic acids is 1. The minimum absolute atomic E-state index is 0.0986. The van der Waals surface area contributed by atoms with Gasteiger partial charge in [-0.2, -0.15) is 0 Å². The smallest absolute Gasteiger partial charge is 0.219 e. The van der Waals surface area contributed by atoms with E-state index in [1.807, 2.05) is 0 Å². The molecule has 0 N–H and O–H groups in total. The molecule has 0 heterocycles. The lowest BCUT2D eigenvalue weighted by molar-refractivity contribution is -0.129. The maximum absolute atomic E-state index is 10.9. The number of methoxy groups -OCH3 is 1. The van der Waals surface area contributed by atoms with Crippen molar-refractivity contribution >= 4 is 21.8 Å². The molecule has 3 nitrogen and oxygen atoms in total. The average molecular weight is 224 g/mol. The number of ether oxygens (including phenoxy) is 1. The average Bonchev–Trinajstić information content (AvgIpc) is 1.97. The molecule has 0 aliphatic rings. The number of nitrogens with zero attached hydrogens (tertiary/aromatic N) is 1. The van der Waals surface area contributed by atoms with Gasteiger partial charge in [0.25, 0.3) is 0 Å². The Morgan fingerprint density at radius 2 is 2.18 bits per heavy atom. The SMILES string of the molecule is COCCN(CCBr)C(C)=O. The molecular formula is C7H14BrNO2. The highest BCUT2D eigenvalue weighted by Crippen LogP contribution is 1.91. The Labute approximate surface area is 75.8 Å². The van der Waals surface area contributed by atoms with Gasteiger partial charge in [0.2, 0.25) is 5.91 Å². The molecule has 0 saturated carbocycles. The first-order chi connectivity index (χ1) is 5.22. The highest BCUT2D eigenvalue weighted by atomic mass is 79.9. The molecule has 0 radical (unpaired) electrons. The van der Waals surface area contributed by atoms with E-state index in [1.54, 1.807) is 18.9 Å². The zero-order valence-electron chi connectivity index (χ0n) is 6.97. The van der Waals surface area contributed by atoms with Gasteiger partial charge in [-0.15, -0.1) is 0 Å². The van der Waals surface area contributed by atoms with E-state index in [4.69, 9.17) is 4.74 Å². The molecule has 0 fully saturated rings. The topological polar surface area (TPSA) is 29.5 Å². The molecule has 0 spiro atoms. The molecule has 4 heteroatoms. The van der Waals surface area contributed by atoms with Gasteiger partial charge in [0.1, 0.15) is 0 Å². The molecular weight excluding hydrogens is 210 g/mol. The van der Waals surface area contributed by atoms with Crippen molar-refractivity contribution in [2.45, 2.75) is 6.92 Å². The van der Waals surface area contributed by atoms with Gasteiger partial charge in [0.15, 0.2) is 0 Å². The predicted molar refractivity (Wildman–Crippen MR) is 47.9 cm³/mol. The molecule has 0 saturated heterocycles. The van der Waals surface area contributed by atoms with Crippen LogP contribution in [0.1, 0.15) is 6.92 Å². The van der Waals surface area contributed by atoms with E-state index < -0.39 is 0 Å². The van der Waals surface area contributed by atoms with Crippen molar-refractivity contribution in [2.24, 2.45) is 0 Å². The summed E-state index contributed by atoms with van der Waals surface area (Å²) in [6, 6.07) is 0. The maximum Gasteiger partial charge on any atom is 0.219 e. The van der Waals surface area contributed by atoms with Crippen LogP contribution in [0, 0.1) is 0 Å². The number of rotatable bonds is 5. The van der Waals surface area contributed by atoms with E-state index in [-0.39, 0.29) is 5.91 Å². The number of amides is 1. The van der Waals surface area contributed by atoms with E-state index in [2.05, 4.69) is 15.9 Å². The van der Waals surface area contributed by atoms with Crippen molar-refractivity contribution in [2.75, 3.05) is 32.1 Å². The summed E-state index contributed by atoms with van der Waals surface area (Å²) in [5.41, 5.74) is 0. The van der Waals surface area contributed by atoms with Crippen LogP contribution >= 0.6 is 15.9 Å². The fourth-order valence-electron chi connectivity index (χ4n) is 0.730. The van der Waals surface area contributed by atoms with Crippen LogP contribution in [0.5, 0.6) is 0 Å². The Morgan fingerprint density at radius 1 is 1.55 bits per heavy atom. The van der Waals surface area contributed by atoms with Gasteiger partial charge >= 0.3 is 0 Å². The third-order valence-electron chi connectivity index (χ3n) is 1.37. The largest absolute Gasteiger partial charge is 0.383 e. The highest BCUT2D eigenvalue weighted by molar-refractivity contribution is 9.09. The van der Waals surface area contributed by atoms with Gasteiger partial charge in [0.05, 0.1) is 6.61 Å². The summed E-state index contributed by atoms with van der Waals surface area (Å²) in [7, 11) is 1.63. The summed E-state index contributed by atoms with van der Waals surface area (Å²) >= 11 is 3.28. The van der Waals surface area contributed by atoms with Gasteiger partial charge in [-0.1, -0.05) is 15.9 Å². The van der Waals surface area contributed by atoms with Gasteiger partial charge in [0, 0.05) is 32.5 Å². The molecule has 0 unspecified atom stereocenters. The lowest BCUT2D eigenvalue weighted by atomic mass is 10.5. The van der Waals surface area contributed by atoms with E-state index in [1.165, 1.54) is 0 Å². The Kier molecular flexibility index (Phi) is 6.56. The first-order valence-corrected chi connectivity index (χ1v) is 4.65. The fraction of sp³-hybridized carbons (Fsp3) is 0.857. The first-order valence-electron chi connectivity index (χ1n) is 3.52. The predicted octanol–water partition coefficient (Wildman–Crippen LogP) is 0.876. The van der Waals surface area contributed by atoms with Crippen molar-refractivity contribution in [3.8, 4) is 0 Å². The zero-order chi connectivity index (χ0) is 8.69. The molecule has 1 amide bonds. The van der Waals surface area contributed by atoms with Crippen LogP contribution in [-0.4, -0.2) is 42.9 Å². The molecule has 0 aliphatic carbocycles. The number of halogens is 1. The van der Waals surface area contributed by atoms with Crippen LogP contribution < -0.4 is 0 Å².